The van der Waals surface area contributed by atoms with E-state index in [1.807, 2.05) is 0 Å². The molecule has 8 nitrogen and oxygen atoms in total. The summed E-state index contributed by atoms with van der Waals surface area (Å²) in [5, 5.41) is 14.2. The smallest absolute Gasteiger partial charge is 0.260 e. The molecule has 8 aliphatic carbocycles. The standard InChI is InChI=1S/2C11H11F5N2.2C11H12F4N2/c2*1-4(2)18-9-7(8(17-18)11(14,15)16)5-3-6(5)10(9,12)13;2*1-4(2)17-9-7(8(16-17)10(12)13)5-3-6(5)11(9,14)15/h2*4-6H,3H2,1-2H3;2*4-6,10H,3H2,1-2H3/t4*5-,6+/m1010/s1. The summed E-state index contributed by atoms with van der Waals surface area (Å²) < 4.78 is 244. The quantitative estimate of drug-likeness (QED) is 0.180. The van der Waals surface area contributed by atoms with Gasteiger partial charge in [-0.2, -0.15) is 81.9 Å². The van der Waals surface area contributed by atoms with E-state index in [4.69, 9.17) is 0 Å². The third kappa shape index (κ3) is 7.39. The maximum Gasteiger partial charge on any atom is 0.435 e. The zero-order valence-electron chi connectivity index (χ0n) is 38.3. The van der Waals surface area contributed by atoms with Crippen molar-refractivity contribution in [2.24, 2.45) is 23.7 Å². The van der Waals surface area contributed by atoms with Crippen LogP contribution in [0.2, 0.25) is 0 Å². The number of nitrogens with zero attached hydrogens (tertiary/aromatic N) is 8. The van der Waals surface area contributed by atoms with Gasteiger partial charge in [0, 0.05) is 70.1 Å². The van der Waals surface area contributed by atoms with Crippen molar-refractivity contribution in [3.05, 3.63) is 67.8 Å². The first kappa shape index (κ1) is 50.5. The molecule has 0 saturated heterocycles. The molecule has 12 rings (SSSR count). The number of hydrogen-bond donors (Lipinski definition) is 0. The Balaban J connectivity index is 0.000000116. The largest absolute Gasteiger partial charge is 0.435 e. The van der Waals surface area contributed by atoms with Crippen LogP contribution in [0.4, 0.5) is 79.0 Å². The normalized spacial score (nSPS) is 28.6. The van der Waals surface area contributed by atoms with Crippen molar-refractivity contribution in [1.82, 2.24) is 39.1 Å². The van der Waals surface area contributed by atoms with Crippen LogP contribution in [-0.2, 0) is 36.0 Å². The Hall–Kier alpha value is -4.42. The minimum atomic E-state index is -4.67. The molecular formula is C44H46F18N8. The Kier molecular flexibility index (Phi) is 11.2. The summed E-state index contributed by atoms with van der Waals surface area (Å²) in [7, 11) is 0. The minimum absolute atomic E-state index is 0.115. The Morgan fingerprint density at radius 1 is 0.386 bits per heavy atom. The lowest BCUT2D eigenvalue weighted by Gasteiger charge is -2.17. The number of fused-ring (bicyclic) bond motifs is 12. The Bertz CT molecular complexity index is 2530. The van der Waals surface area contributed by atoms with Crippen LogP contribution in [0, 0.1) is 23.7 Å². The van der Waals surface area contributed by atoms with Gasteiger partial charge in [-0.25, -0.2) is 17.6 Å². The van der Waals surface area contributed by atoms with Crippen molar-refractivity contribution in [2.45, 2.75) is 178 Å². The van der Waals surface area contributed by atoms with Crippen molar-refractivity contribution in [3.8, 4) is 0 Å². The lowest BCUT2D eigenvalue weighted by atomic mass is 10.1. The van der Waals surface area contributed by atoms with Crippen LogP contribution in [-0.4, -0.2) is 39.1 Å². The monoisotopic (exact) mass is 1030 g/mol. The van der Waals surface area contributed by atoms with Crippen LogP contribution >= 0.6 is 0 Å². The first-order valence-corrected chi connectivity index (χ1v) is 22.7. The molecule has 0 radical (unpaired) electrons. The van der Waals surface area contributed by atoms with Gasteiger partial charge in [-0.3, -0.25) is 18.7 Å². The predicted molar refractivity (Wildman–Crippen MR) is 209 cm³/mol. The second-order valence-electron chi connectivity index (χ2n) is 20.6. The van der Waals surface area contributed by atoms with E-state index in [0.717, 1.165) is 18.7 Å². The van der Waals surface area contributed by atoms with Gasteiger partial charge >= 0.3 is 12.4 Å². The zero-order valence-corrected chi connectivity index (χ0v) is 38.3. The molecule has 4 fully saturated rings. The molecule has 4 aromatic rings. The van der Waals surface area contributed by atoms with Gasteiger partial charge in [-0.1, -0.05) is 0 Å². The first-order chi connectivity index (χ1) is 32.0. The average Bonchev–Trinajstić information content (AvgIpc) is 4.18. The maximum atomic E-state index is 14.0. The summed E-state index contributed by atoms with van der Waals surface area (Å²) >= 11 is 0. The third-order valence-electron chi connectivity index (χ3n) is 14.5. The molecule has 8 aliphatic rings. The van der Waals surface area contributed by atoms with Gasteiger partial charge in [-0.15, -0.1) is 0 Å². The van der Waals surface area contributed by atoms with Gasteiger partial charge in [0.25, 0.3) is 36.5 Å². The van der Waals surface area contributed by atoms with Crippen LogP contribution in [0.25, 0.3) is 0 Å². The summed E-state index contributed by atoms with van der Waals surface area (Å²) in [5.74, 6) is -18.0. The Morgan fingerprint density at radius 3 is 0.814 bits per heavy atom. The van der Waals surface area contributed by atoms with E-state index in [1.54, 1.807) is 55.4 Å². The highest BCUT2D eigenvalue weighted by molar-refractivity contribution is 5.49. The molecule has 0 amide bonds. The molecule has 0 aromatic carbocycles. The highest BCUT2D eigenvalue weighted by atomic mass is 19.4. The Morgan fingerprint density at radius 2 is 0.600 bits per heavy atom. The van der Waals surface area contributed by atoms with Crippen LogP contribution in [0.3, 0.4) is 0 Å². The SMILES string of the molecule is CC(C)n1nc(C(F)(F)F)c2c1C(F)(F)[C@@H]1C[C@H]21.CC(C)n1nc(C(F)(F)F)c2c1C(F)(F)[C@H]1C[C@@H]21.CC(C)n1nc(C(F)F)c2c1C(F)(F)[C@@H]1C[C@H]21.CC(C)n1nc(C(F)F)c2c1C(F)(F)[C@H]1C[C@@H]21. The summed E-state index contributed by atoms with van der Waals surface area (Å²) in [6.45, 7) is 12.9. The molecule has 0 spiro atoms. The molecule has 388 valence electrons. The molecule has 4 heterocycles. The summed E-state index contributed by atoms with van der Waals surface area (Å²) in [5.41, 5.74) is -5.06. The van der Waals surface area contributed by atoms with E-state index in [9.17, 15) is 79.0 Å². The molecule has 70 heavy (non-hydrogen) atoms. The predicted octanol–water partition coefficient (Wildman–Crippen LogP) is 14.6. The molecular weight excluding hydrogens is 983 g/mol. The molecule has 4 saturated carbocycles. The van der Waals surface area contributed by atoms with Gasteiger partial charge in [0.05, 0.1) is 0 Å². The van der Waals surface area contributed by atoms with E-state index in [2.05, 4.69) is 20.4 Å². The molecule has 0 bridgehead atoms. The van der Waals surface area contributed by atoms with Crippen LogP contribution in [0.5, 0.6) is 0 Å². The molecule has 0 aliphatic heterocycles. The second-order valence-corrected chi connectivity index (χ2v) is 20.6. The van der Waals surface area contributed by atoms with E-state index in [-0.39, 0.29) is 58.6 Å². The second kappa shape index (κ2) is 15.5. The van der Waals surface area contributed by atoms with Crippen molar-refractivity contribution >= 4 is 0 Å². The fraction of sp³-hybridized carbons (Fsp3) is 0.727. The lowest BCUT2D eigenvalue weighted by Crippen LogP contribution is -2.21. The van der Waals surface area contributed by atoms with Gasteiger partial charge in [0.1, 0.15) is 34.2 Å². The van der Waals surface area contributed by atoms with Crippen LogP contribution < -0.4 is 0 Å². The van der Waals surface area contributed by atoms with Gasteiger partial charge in [0.15, 0.2) is 11.4 Å². The molecule has 0 N–H and O–H groups in total. The number of rotatable bonds is 6. The fourth-order valence-electron chi connectivity index (χ4n) is 11.2. The fourth-order valence-corrected chi connectivity index (χ4v) is 11.2. The topological polar surface area (TPSA) is 71.3 Å². The van der Waals surface area contributed by atoms with Crippen molar-refractivity contribution < 1.29 is 79.0 Å². The van der Waals surface area contributed by atoms with Crippen LogP contribution in [0.1, 0.15) is 210 Å². The van der Waals surface area contributed by atoms with Gasteiger partial charge in [0.2, 0.25) is 0 Å². The zero-order chi connectivity index (χ0) is 52.0. The molecule has 0 unspecified atom stereocenters. The maximum absolute atomic E-state index is 14.0. The molecule has 8 atom stereocenters. The number of alkyl halides is 18. The van der Waals surface area contributed by atoms with Crippen molar-refractivity contribution in [1.29, 1.82) is 0 Å². The van der Waals surface area contributed by atoms with Crippen LogP contribution in [0.15, 0.2) is 0 Å². The Labute approximate surface area is 387 Å². The van der Waals surface area contributed by atoms with Crippen molar-refractivity contribution in [2.75, 3.05) is 0 Å². The van der Waals surface area contributed by atoms with Crippen molar-refractivity contribution in [3.63, 3.8) is 0 Å². The highest BCUT2D eigenvalue weighted by Gasteiger charge is 2.71. The van der Waals surface area contributed by atoms with E-state index >= 15 is 0 Å². The van der Waals surface area contributed by atoms with E-state index in [0.29, 0.717) is 12.8 Å². The van der Waals surface area contributed by atoms with Gasteiger partial charge < -0.3 is 0 Å². The highest BCUT2D eigenvalue weighted by Crippen LogP contribution is 2.72. The first-order valence-electron chi connectivity index (χ1n) is 22.7. The molecule has 26 heteroatoms. The number of aromatic nitrogens is 8. The van der Waals surface area contributed by atoms with Gasteiger partial charge in [-0.05, 0) is 105 Å². The molecule has 4 aromatic heterocycles. The lowest BCUT2D eigenvalue weighted by molar-refractivity contribution is -0.143. The van der Waals surface area contributed by atoms with E-state index in [1.165, 1.54) is 0 Å². The number of hydrogen-bond acceptors (Lipinski definition) is 4. The number of halogens is 18. The summed E-state index contributed by atoms with van der Waals surface area (Å²) in [6.07, 6.45) is -14.0. The average molecular weight is 1030 g/mol. The summed E-state index contributed by atoms with van der Waals surface area (Å²) in [6, 6.07) is -1.70. The third-order valence-corrected chi connectivity index (χ3v) is 14.5. The summed E-state index contributed by atoms with van der Waals surface area (Å²) in [4.78, 5) is 0. The van der Waals surface area contributed by atoms with E-state index < -0.39 is 142 Å². The minimum Gasteiger partial charge on any atom is -0.260 e.